The Morgan fingerprint density at radius 3 is 2.48 bits per heavy atom. The van der Waals surface area contributed by atoms with Gasteiger partial charge in [-0.3, -0.25) is 4.79 Å². The molecule has 0 unspecified atom stereocenters. The van der Waals surface area contributed by atoms with Crippen molar-refractivity contribution >= 4 is 21.7 Å². The molecule has 3 heteroatoms. The van der Waals surface area contributed by atoms with Crippen molar-refractivity contribution < 1.29 is 9.53 Å². The molecule has 4 atom stereocenters. The Kier molecular flexibility index (Phi) is 4.00. The first-order valence-electron chi connectivity index (χ1n) is 7.81. The Labute approximate surface area is 135 Å². The molecule has 1 aromatic carbocycles. The highest BCUT2D eigenvalue weighted by Gasteiger charge is 2.53. The average molecular weight is 351 g/mol. The molecule has 1 heterocycles. The standard InChI is InChI=1S/C18H23BrO2/c1-18(2,3)17-15-13(5-4-6-14(15)20)16(21-17)11-7-9-12(19)10-8-11/h7-10,13,15-17H,4-6H2,1-3H3/t13-,15-,16-,17-/m1/s1. The largest absolute Gasteiger partial charge is 0.369 e. The van der Waals surface area contributed by atoms with Gasteiger partial charge in [0.25, 0.3) is 0 Å². The molecule has 0 amide bonds. The molecule has 2 fully saturated rings. The zero-order valence-electron chi connectivity index (χ0n) is 12.9. The van der Waals surface area contributed by atoms with Crippen molar-refractivity contribution in [2.75, 3.05) is 0 Å². The summed E-state index contributed by atoms with van der Waals surface area (Å²) in [6.07, 6.45) is 2.93. The summed E-state index contributed by atoms with van der Waals surface area (Å²) in [5.41, 5.74) is 1.20. The van der Waals surface area contributed by atoms with Crippen molar-refractivity contribution in [3.63, 3.8) is 0 Å². The van der Waals surface area contributed by atoms with E-state index in [0.29, 0.717) is 11.7 Å². The van der Waals surface area contributed by atoms with E-state index in [1.807, 2.05) is 0 Å². The molecule has 114 valence electrons. The molecular formula is C18H23BrO2. The van der Waals surface area contributed by atoms with Gasteiger partial charge in [-0.15, -0.1) is 0 Å². The highest BCUT2D eigenvalue weighted by atomic mass is 79.9. The summed E-state index contributed by atoms with van der Waals surface area (Å²) in [5, 5.41) is 0. The molecule has 21 heavy (non-hydrogen) atoms. The first-order valence-corrected chi connectivity index (χ1v) is 8.61. The second-order valence-corrected chi connectivity index (χ2v) is 8.36. The van der Waals surface area contributed by atoms with Crippen LogP contribution < -0.4 is 0 Å². The number of Topliss-reactive ketones (excluding diaryl/α,β-unsaturated/α-hetero) is 1. The molecule has 1 aliphatic heterocycles. The van der Waals surface area contributed by atoms with Crippen molar-refractivity contribution in [2.45, 2.75) is 52.2 Å². The minimum atomic E-state index is 0.0000301. The number of carbonyl (C=O) groups excluding carboxylic acids is 1. The number of halogens is 1. The Bertz CT molecular complexity index is 529. The minimum absolute atomic E-state index is 0.0000301. The molecule has 0 spiro atoms. The normalized spacial score (nSPS) is 33.0. The van der Waals surface area contributed by atoms with Gasteiger partial charge in [0, 0.05) is 16.8 Å². The summed E-state index contributed by atoms with van der Waals surface area (Å²) in [6, 6.07) is 8.36. The molecule has 1 aromatic rings. The fraction of sp³-hybridized carbons (Fsp3) is 0.611. The van der Waals surface area contributed by atoms with E-state index in [2.05, 4.69) is 61.0 Å². The lowest BCUT2D eigenvalue weighted by Crippen LogP contribution is -2.39. The monoisotopic (exact) mass is 350 g/mol. The van der Waals surface area contributed by atoms with Gasteiger partial charge in [-0.25, -0.2) is 0 Å². The topological polar surface area (TPSA) is 26.3 Å². The average Bonchev–Trinajstić information content (AvgIpc) is 2.81. The van der Waals surface area contributed by atoms with Crippen LogP contribution in [0.3, 0.4) is 0 Å². The summed E-state index contributed by atoms with van der Waals surface area (Å²) in [6.45, 7) is 6.54. The van der Waals surface area contributed by atoms with Gasteiger partial charge >= 0.3 is 0 Å². The number of hydrogen-bond donors (Lipinski definition) is 0. The van der Waals surface area contributed by atoms with Crippen molar-refractivity contribution in [2.24, 2.45) is 17.3 Å². The fourth-order valence-electron chi connectivity index (χ4n) is 3.89. The van der Waals surface area contributed by atoms with Crippen molar-refractivity contribution in [3.05, 3.63) is 34.3 Å². The molecule has 0 N–H and O–H groups in total. The van der Waals surface area contributed by atoms with Crippen LogP contribution >= 0.6 is 15.9 Å². The summed E-state index contributed by atoms with van der Waals surface area (Å²) in [5.74, 6) is 0.829. The molecule has 0 radical (unpaired) electrons. The first-order chi connectivity index (χ1) is 9.88. The summed E-state index contributed by atoms with van der Waals surface area (Å²) in [4.78, 5) is 12.5. The third-order valence-electron chi connectivity index (χ3n) is 4.85. The predicted octanol–water partition coefficient (Wildman–Crippen LogP) is 4.92. The lowest BCUT2D eigenvalue weighted by molar-refractivity contribution is -0.129. The molecule has 2 aliphatic rings. The Balaban J connectivity index is 1.95. The second-order valence-electron chi connectivity index (χ2n) is 7.44. The van der Waals surface area contributed by atoms with E-state index in [-0.39, 0.29) is 23.5 Å². The van der Waals surface area contributed by atoms with E-state index in [1.165, 1.54) is 5.56 Å². The number of ketones is 1. The maximum atomic E-state index is 12.5. The number of carbonyl (C=O) groups is 1. The van der Waals surface area contributed by atoms with Crippen LogP contribution in [0.15, 0.2) is 28.7 Å². The lowest BCUT2D eigenvalue weighted by atomic mass is 9.69. The van der Waals surface area contributed by atoms with Gasteiger partial charge in [0.1, 0.15) is 5.78 Å². The lowest BCUT2D eigenvalue weighted by Gasteiger charge is -2.33. The molecule has 0 bridgehead atoms. The van der Waals surface area contributed by atoms with E-state index in [1.54, 1.807) is 0 Å². The van der Waals surface area contributed by atoms with Crippen molar-refractivity contribution in [1.82, 2.24) is 0 Å². The van der Waals surface area contributed by atoms with Gasteiger partial charge in [-0.2, -0.15) is 0 Å². The molecule has 1 saturated carbocycles. The van der Waals surface area contributed by atoms with E-state index >= 15 is 0 Å². The van der Waals surface area contributed by atoms with E-state index in [9.17, 15) is 4.79 Å². The Morgan fingerprint density at radius 1 is 1.19 bits per heavy atom. The number of ether oxygens (including phenoxy) is 1. The number of hydrogen-bond acceptors (Lipinski definition) is 2. The summed E-state index contributed by atoms with van der Waals surface area (Å²) in [7, 11) is 0. The maximum absolute atomic E-state index is 12.5. The van der Waals surface area contributed by atoms with Crippen molar-refractivity contribution in [3.8, 4) is 0 Å². The van der Waals surface area contributed by atoms with Crippen LogP contribution in [0.4, 0.5) is 0 Å². The van der Waals surface area contributed by atoms with E-state index in [0.717, 1.165) is 23.7 Å². The van der Waals surface area contributed by atoms with Crippen LogP contribution in [0.25, 0.3) is 0 Å². The van der Waals surface area contributed by atoms with Crippen LogP contribution in [0.2, 0.25) is 0 Å². The van der Waals surface area contributed by atoms with Gasteiger partial charge in [0.05, 0.1) is 18.1 Å². The third kappa shape index (κ3) is 2.83. The molecule has 2 nitrogen and oxygen atoms in total. The van der Waals surface area contributed by atoms with Crippen LogP contribution in [-0.2, 0) is 9.53 Å². The maximum Gasteiger partial charge on any atom is 0.138 e. The van der Waals surface area contributed by atoms with Gasteiger partial charge in [-0.1, -0.05) is 48.8 Å². The molecule has 1 aliphatic carbocycles. The Morgan fingerprint density at radius 2 is 1.86 bits per heavy atom. The predicted molar refractivity (Wildman–Crippen MR) is 87.0 cm³/mol. The van der Waals surface area contributed by atoms with Gasteiger partial charge < -0.3 is 4.74 Å². The SMILES string of the molecule is CC(C)(C)[C@@H]1O[C@H](c2ccc(Br)cc2)[C@@H]2CCCC(=O)[C@@H]21. The number of rotatable bonds is 1. The first kappa shape index (κ1) is 15.2. The zero-order valence-corrected chi connectivity index (χ0v) is 14.5. The van der Waals surface area contributed by atoms with E-state index in [4.69, 9.17) is 4.74 Å². The minimum Gasteiger partial charge on any atom is -0.369 e. The van der Waals surface area contributed by atoms with Crippen LogP contribution in [0.1, 0.15) is 51.7 Å². The van der Waals surface area contributed by atoms with Crippen LogP contribution in [0, 0.1) is 17.3 Å². The molecular weight excluding hydrogens is 328 g/mol. The highest BCUT2D eigenvalue weighted by Crippen LogP contribution is 2.52. The van der Waals surface area contributed by atoms with E-state index < -0.39 is 0 Å². The third-order valence-corrected chi connectivity index (χ3v) is 5.38. The van der Waals surface area contributed by atoms with Gasteiger partial charge in [0.2, 0.25) is 0 Å². The van der Waals surface area contributed by atoms with Crippen LogP contribution in [0.5, 0.6) is 0 Å². The smallest absolute Gasteiger partial charge is 0.138 e. The second kappa shape index (κ2) is 5.51. The Hall–Kier alpha value is -0.670. The van der Waals surface area contributed by atoms with Crippen LogP contribution in [-0.4, -0.2) is 11.9 Å². The summed E-state index contributed by atoms with van der Waals surface area (Å²) >= 11 is 3.48. The van der Waals surface area contributed by atoms with Crippen molar-refractivity contribution in [1.29, 1.82) is 0 Å². The number of fused-ring (bicyclic) bond motifs is 1. The summed E-state index contributed by atoms with van der Waals surface area (Å²) < 4.78 is 7.51. The van der Waals surface area contributed by atoms with Gasteiger partial charge in [-0.05, 0) is 36.0 Å². The molecule has 0 aromatic heterocycles. The quantitative estimate of drug-likeness (QED) is 0.718. The fourth-order valence-corrected chi connectivity index (χ4v) is 4.16. The zero-order chi connectivity index (χ0) is 15.2. The van der Waals surface area contributed by atoms with Gasteiger partial charge in [0.15, 0.2) is 0 Å². The molecule has 1 saturated heterocycles. The highest BCUT2D eigenvalue weighted by molar-refractivity contribution is 9.10. The molecule has 3 rings (SSSR count). The number of benzene rings is 1.